The van der Waals surface area contributed by atoms with Crippen molar-refractivity contribution in [2.75, 3.05) is 0 Å². The molecule has 0 aliphatic carbocycles. The molecular formula is C22H13BrIN3O2S. The van der Waals surface area contributed by atoms with Crippen LogP contribution in [0.15, 0.2) is 75.0 Å². The fourth-order valence-corrected chi connectivity index (χ4v) is 5.08. The first kappa shape index (κ1) is 19.7. The molecule has 0 bridgehead atoms. The molecule has 0 saturated heterocycles. The molecule has 0 amide bonds. The first-order chi connectivity index (χ1) is 14.7. The monoisotopic (exact) mass is 589 g/mol. The molecule has 0 radical (unpaired) electrons. The molecule has 3 aromatic heterocycles. The van der Waals surface area contributed by atoms with Crippen molar-refractivity contribution < 1.29 is 9.26 Å². The molecule has 0 N–H and O–H groups in total. The molecule has 0 unspecified atom stereocenters. The number of nitrogens with zero attached hydrogens (tertiary/aromatic N) is 3. The van der Waals surface area contributed by atoms with Gasteiger partial charge in [0.25, 0.3) is 0 Å². The number of benzene rings is 2. The van der Waals surface area contributed by atoms with Crippen LogP contribution in [0.4, 0.5) is 0 Å². The van der Waals surface area contributed by atoms with Gasteiger partial charge in [-0.2, -0.15) is 4.98 Å². The number of hydrogen-bond acceptors (Lipinski definition) is 6. The topological polar surface area (TPSA) is 61.0 Å². The van der Waals surface area contributed by atoms with Crippen molar-refractivity contribution in [3.8, 4) is 28.5 Å². The van der Waals surface area contributed by atoms with E-state index in [4.69, 9.17) is 19.2 Å². The van der Waals surface area contributed by atoms with Crippen LogP contribution in [-0.4, -0.2) is 15.1 Å². The Morgan fingerprint density at radius 1 is 1.00 bits per heavy atom. The smallest absolute Gasteiger partial charge is 0.227 e. The van der Waals surface area contributed by atoms with Gasteiger partial charge in [0, 0.05) is 30.6 Å². The van der Waals surface area contributed by atoms with E-state index >= 15 is 0 Å². The molecule has 0 aliphatic rings. The minimum absolute atomic E-state index is 0.232. The lowest BCUT2D eigenvalue weighted by Crippen LogP contribution is -1.99. The van der Waals surface area contributed by atoms with Crippen molar-refractivity contribution in [1.29, 1.82) is 0 Å². The average molecular weight is 590 g/mol. The van der Waals surface area contributed by atoms with Gasteiger partial charge in [-0.25, -0.2) is 4.98 Å². The lowest BCUT2D eigenvalue weighted by molar-refractivity contribution is 0.244. The van der Waals surface area contributed by atoms with Crippen LogP contribution in [-0.2, 0) is 6.61 Å². The zero-order chi connectivity index (χ0) is 20.5. The van der Waals surface area contributed by atoms with E-state index in [1.165, 1.54) is 0 Å². The number of rotatable bonds is 5. The fraction of sp³-hybridized carbons (Fsp3) is 0.0455. The van der Waals surface area contributed by atoms with E-state index < -0.39 is 0 Å². The van der Waals surface area contributed by atoms with E-state index in [1.54, 1.807) is 11.3 Å². The van der Waals surface area contributed by atoms with Gasteiger partial charge in [0.15, 0.2) is 18.2 Å². The molecule has 30 heavy (non-hydrogen) atoms. The van der Waals surface area contributed by atoms with E-state index in [0.29, 0.717) is 17.5 Å². The van der Waals surface area contributed by atoms with E-state index in [2.05, 4.69) is 49.1 Å². The molecule has 5 rings (SSSR count). The molecule has 0 aliphatic heterocycles. The van der Waals surface area contributed by atoms with E-state index in [9.17, 15) is 0 Å². The maximum Gasteiger partial charge on any atom is 0.227 e. The zero-order valence-electron chi connectivity index (χ0n) is 15.4. The summed E-state index contributed by atoms with van der Waals surface area (Å²) in [4.78, 5) is 10.3. The molecule has 0 atom stereocenters. The maximum absolute atomic E-state index is 6.08. The normalized spacial score (nSPS) is 11.1. The third-order valence-corrected chi connectivity index (χ3v) is 7.11. The second kappa shape index (κ2) is 8.44. The molecule has 3 heterocycles. The third kappa shape index (κ3) is 3.99. The summed E-state index contributed by atoms with van der Waals surface area (Å²) in [6.45, 7) is 0.232. The standard InChI is InChI=1S/C22H13BrIN3O2S/c23-15-8-6-13(7-9-15)18-10-16(29-27-18)11-28-21-19-17(24)12-30-22(19)26-20(25-21)14-4-2-1-3-5-14/h1-10,12H,11H2. The van der Waals surface area contributed by atoms with E-state index in [0.717, 1.165) is 35.1 Å². The number of aromatic nitrogens is 3. The number of thiophene rings is 1. The lowest BCUT2D eigenvalue weighted by Gasteiger charge is -2.07. The summed E-state index contributed by atoms with van der Waals surface area (Å²) >= 11 is 7.31. The Morgan fingerprint density at radius 2 is 1.80 bits per heavy atom. The number of fused-ring (bicyclic) bond motifs is 1. The van der Waals surface area contributed by atoms with Crippen LogP contribution >= 0.6 is 49.9 Å². The highest BCUT2D eigenvalue weighted by atomic mass is 127. The van der Waals surface area contributed by atoms with Crippen LogP contribution < -0.4 is 4.74 Å². The van der Waals surface area contributed by atoms with Gasteiger partial charge in [0.2, 0.25) is 5.88 Å². The SMILES string of the molecule is Brc1ccc(-c2cc(COc3nc(-c4ccccc4)nc4scc(I)c34)on2)cc1. The van der Waals surface area contributed by atoms with Gasteiger partial charge in [0.05, 0.1) is 5.39 Å². The Labute approximate surface area is 198 Å². The van der Waals surface area contributed by atoms with Crippen LogP contribution in [0.3, 0.4) is 0 Å². The Bertz CT molecular complexity index is 1320. The maximum atomic E-state index is 6.08. The lowest BCUT2D eigenvalue weighted by atomic mass is 10.1. The van der Waals surface area contributed by atoms with Crippen molar-refractivity contribution >= 4 is 60.1 Å². The minimum atomic E-state index is 0.232. The van der Waals surface area contributed by atoms with Gasteiger partial charge in [-0.15, -0.1) is 11.3 Å². The summed E-state index contributed by atoms with van der Waals surface area (Å²) in [5.41, 5.74) is 2.70. The second-order valence-electron chi connectivity index (χ2n) is 6.46. The molecule has 2 aromatic carbocycles. The van der Waals surface area contributed by atoms with Gasteiger partial charge in [-0.05, 0) is 34.7 Å². The molecular weight excluding hydrogens is 577 g/mol. The van der Waals surface area contributed by atoms with E-state index in [1.807, 2.05) is 60.7 Å². The van der Waals surface area contributed by atoms with Crippen molar-refractivity contribution in [3.05, 3.63) is 79.8 Å². The van der Waals surface area contributed by atoms with Gasteiger partial charge >= 0.3 is 0 Å². The Balaban J connectivity index is 1.44. The highest BCUT2D eigenvalue weighted by Crippen LogP contribution is 2.35. The predicted molar refractivity (Wildman–Crippen MR) is 130 cm³/mol. The summed E-state index contributed by atoms with van der Waals surface area (Å²) < 4.78 is 13.6. The van der Waals surface area contributed by atoms with Crippen molar-refractivity contribution in [3.63, 3.8) is 0 Å². The van der Waals surface area contributed by atoms with Crippen LogP contribution in [0.2, 0.25) is 0 Å². The van der Waals surface area contributed by atoms with Crippen LogP contribution in [0.1, 0.15) is 5.76 Å². The Hall–Kier alpha value is -2.30. The van der Waals surface area contributed by atoms with E-state index in [-0.39, 0.29) is 6.61 Å². The highest BCUT2D eigenvalue weighted by Gasteiger charge is 2.16. The first-order valence-corrected chi connectivity index (χ1v) is 11.8. The molecule has 0 fully saturated rings. The fourth-order valence-electron chi connectivity index (χ4n) is 2.97. The molecule has 8 heteroatoms. The molecule has 5 nitrogen and oxygen atoms in total. The van der Waals surface area contributed by atoms with Crippen LogP contribution in [0, 0.1) is 3.57 Å². The number of halogens is 2. The molecule has 5 aromatic rings. The largest absolute Gasteiger partial charge is 0.469 e. The van der Waals surface area contributed by atoms with Crippen molar-refractivity contribution in [2.45, 2.75) is 6.61 Å². The average Bonchev–Trinajstić information content (AvgIpc) is 3.40. The van der Waals surface area contributed by atoms with Gasteiger partial charge in [-0.1, -0.05) is 63.6 Å². The zero-order valence-corrected chi connectivity index (χ0v) is 19.9. The summed E-state index contributed by atoms with van der Waals surface area (Å²) in [6, 6.07) is 19.7. The van der Waals surface area contributed by atoms with Crippen molar-refractivity contribution in [2.24, 2.45) is 0 Å². The Kier molecular flexibility index (Phi) is 5.53. The minimum Gasteiger partial charge on any atom is -0.469 e. The summed E-state index contributed by atoms with van der Waals surface area (Å²) in [7, 11) is 0. The summed E-state index contributed by atoms with van der Waals surface area (Å²) in [6.07, 6.45) is 0. The summed E-state index contributed by atoms with van der Waals surface area (Å²) in [5.74, 6) is 1.82. The van der Waals surface area contributed by atoms with Gasteiger partial charge < -0.3 is 9.26 Å². The van der Waals surface area contributed by atoms with Crippen LogP contribution in [0.5, 0.6) is 5.88 Å². The molecule has 0 spiro atoms. The first-order valence-electron chi connectivity index (χ1n) is 9.02. The summed E-state index contributed by atoms with van der Waals surface area (Å²) in [5, 5.41) is 7.14. The second-order valence-corrected chi connectivity index (χ2v) is 9.39. The number of hydrogen-bond donors (Lipinski definition) is 0. The van der Waals surface area contributed by atoms with Gasteiger partial charge in [-0.3, -0.25) is 0 Å². The molecule has 148 valence electrons. The number of ether oxygens (including phenoxy) is 1. The van der Waals surface area contributed by atoms with Crippen LogP contribution in [0.25, 0.3) is 32.9 Å². The highest BCUT2D eigenvalue weighted by molar-refractivity contribution is 14.1. The molecule has 0 saturated carbocycles. The third-order valence-electron chi connectivity index (χ3n) is 4.44. The van der Waals surface area contributed by atoms with Crippen molar-refractivity contribution in [1.82, 2.24) is 15.1 Å². The predicted octanol–water partition coefficient (Wildman–Crippen LogP) is 6.96. The van der Waals surface area contributed by atoms with Gasteiger partial charge in [0.1, 0.15) is 10.5 Å². The quantitative estimate of drug-likeness (QED) is 0.207. The Morgan fingerprint density at radius 3 is 2.60 bits per heavy atom.